The van der Waals surface area contributed by atoms with Gasteiger partial charge in [-0.05, 0) is 24.8 Å². The van der Waals surface area contributed by atoms with Crippen molar-refractivity contribution >= 4 is 0 Å². The Labute approximate surface area is 63.2 Å². The lowest BCUT2D eigenvalue weighted by Crippen LogP contribution is -2.47. The Kier molecular flexibility index (Phi) is 2.69. The molecule has 0 bridgehead atoms. The van der Waals surface area contributed by atoms with Gasteiger partial charge in [0.15, 0.2) is 0 Å². The summed E-state index contributed by atoms with van der Waals surface area (Å²) >= 11 is 0. The molecule has 1 saturated heterocycles. The zero-order valence-electron chi connectivity index (χ0n) is 6.93. The molecule has 3 N–H and O–H groups in total. The molecule has 0 aromatic carbocycles. The van der Waals surface area contributed by atoms with Crippen LogP contribution in [0.25, 0.3) is 0 Å². The van der Waals surface area contributed by atoms with Crippen molar-refractivity contribution in [3.63, 3.8) is 0 Å². The van der Waals surface area contributed by atoms with Crippen LogP contribution in [0.15, 0.2) is 0 Å². The van der Waals surface area contributed by atoms with Crippen LogP contribution in [0.4, 0.5) is 0 Å². The van der Waals surface area contributed by atoms with E-state index in [1.807, 2.05) is 0 Å². The van der Waals surface area contributed by atoms with Gasteiger partial charge in [-0.2, -0.15) is 0 Å². The van der Waals surface area contributed by atoms with Crippen molar-refractivity contribution in [1.82, 2.24) is 5.32 Å². The molecule has 2 nitrogen and oxygen atoms in total. The molecule has 0 aromatic rings. The Morgan fingerprint density at radius 2 is 2.20 bits per heavy atom. The van der Waals surface area contributed by atoms with Gasteiger partial charge in [0.1, 0.15) is 0 Å². The highest BCUT2D eigenvalue weighted by atomic mass is 15.0. The predicted octanol–water partition coefficient (Wildman–Crippen LogP) is 0.579. The van der Waals surface area contributed by atoms with Crippen LogP contribution in [0, 0.1) is 11.8 Å². The molecule has 1 aliphatic heterocycles. The number of rotatable bonds is 1. The van der Waals surface area contributed by atoms with Gasteiger partial charge in [0.05, 0.1) is 0 Å². The second-order valence-corrected chi connectivity index (χ2v) is 3.57. The largest absolute Gasteiger partial charge is 0.329 e. The van der Waals surface area contributed by atoms with Crippen LogP contribution in [-0.4, -0.2) is 19.1 Å². The second-order valence-electron chi connectivity index (χ2n) is 3.57. The fourth-order valence-corrected chi connectivity index (χ4v) is 1.75. The molecule has 1 heterocycles. The van der Waals surface area contributed by atoms with Crippen LogP contribution in [0.1, 0.15) is 20.3 Å². The summed E-state index contributed by atoms with van der Waals surface area (Å²) in [7, 11) is 0. The summed E-state index contributed by atoms with van der Waals surface area (Å²) in [6.07, 6.45) is 1.33. The van der Waals surface area contributed by atoms with E-state index < -0.39 is 0 Å². The fraction of sp³-hybridized carbons (Fsp3) is 1.00. The minimum Gasteiger partial charge on any atom is -0.329 e. The molecule has 1 fully saturated rings. The van der Waals surface area contributed by atoms with Gasteiger partial charge in [-0.15, -0.1) is 0 Å². The maximum absolute atomic E-state index is 5.58. The van der Waals surface area contributed by atoms with Gasteiger partial charge in [-0.3, -0.25) is 0 Å². The highest BCUT2D eigenvalue weighted by molar-refractivity contribution is 4.81. The molecule has 0 aromatic heterocycles. The number of piperidine rings is 1. The van der Waals surface area contributed by atoms with E-state index in [1.54, 1.807) is 0 Å². The summed E-state index contributed by atoms with van der Waals surface area (Å²) in [5.74, 6) is 1.59. The van der Waals surface area contributed by atoms with E-state index in [4.69, 9.17) is 5.73 Å². The smallest absolute Gasteiger partial charge is 0.0216 e. The molecule has 60 valence electrons. The molecular formula is C8H18N2. The molecule has 3 unspecified atom stereocenters. The molecular weight excluding hydrogens is 124 g/mol. The van der Waals surface area contributed by atoms with Crippen molar-refractivity contribution in [2.75, 3.05) is 13.1 Å². The highest BCUT2D eigenvalue weighted by Crippen LogP contribution is 2.19. The number of hydrogen-bond acceptors (Lipinski definition) is 2. The molecule has 0 aliphatic carbocycles. The molecule has 0 saturated carbocycles. The Hall–Kier alpha value is -0.0800. The maximum atomic E-state index is 5.58. The average molecular weight is 142 g/mol. The number of nitrogens with two attached hydrogens (primary N) is 1. The normalized spacial score (nSPS) is 41.7. The third-order valence-electron chi connectivity index (χ3n) is 2.44. The average Bonchev–Trinajstić information content (AvgIpc) is 1.88. The van der Waals surface area contributed by atoms with E-state index in [-0.39, 0.29) is 0 Å². The standard InChI is InChI=1S/C8H18N2/c1-6-3-7(2)8(4-9)10-5-6/h6-8,10H,3-5,9H2,1-2H3. The molecule has 1 aliphatic rings. The first-order valence-corrected chi connectivity index (χ1v) is 4.17. The molecule has 0 amide bonds. The molecule has 10 heavy (non-hydrogen) atoms. The summed E-state index contributed by atoms with van der Waals surface area (Å²) in [5, 5.41) is 3.44. The van der Waals surface area contributed by atoms with Gasteiger partial charge in [0.25, 0.3) is 0 Å². The summed E-state index contributed by atoms with van der Waals surface area (Å²) in [6.45, 7) is 6.50. The molecule has 2 heteroatoms. The van der Waals surface area contributed by atoms with Gasteiger partial charge in [0, 0.05) is 12.6 Å². The first-order chi connectivity index (χ1) is 4.74. The lowest BCUT2D eigenvalue weighted by atomic mass is 9.87. The van der Waals surface area contributed by atoms with Crippen LogP contribution < -0.4 is 11.1 Å². The van der Waals surface area contributed by atoms with Crippen LogP contribution in [-0.2, 0) is 0 Å². The van der Waals surface area contributed by atoms with E-state index in [2.05, 4.69) is 19.2 Å². The fourth-order valence-electron chi connectivity index (χ4n) is 1.75. The van der Waals surface area contributed by atoms with Crippen molar-refractivity contribution < 1.29 is 0 Å². The van der Waals surface area contributed by atoms with Gasteiger partial charge in [-0.25, -0.2) is 0 Å². The quantitative estimate of drug-likeness (QED) is 0.562. The van der Waals surface area contributed by atoms with E-state index in [9.17, 15) is 0 Å². The zero-order valence-corrected chi connectivity index (χ0v) is 6.93. The van der Waals surface area contributed by atoms with E-state index >= 15 is 0 Å². The monoisotopic (exact) mass is 142 g/mol. The maximum Gasteiger partial charge on any atom is 0.0216 e. The predicted molar refractivity (Wildman–Crippen MR) is 43.8 cm³/mol. The first-order valence-electron chi connectivity index (χ1n) is 4.17. The summed E-state index contributed by atoms with van der Waals surface area (Å²) in [6, 6.07) is 0.566. The van der Waals surface area contributed by atoms with Gasteiger partial charge in [-0.1, -0.05) is 13.8 Å². The van der Waals surface area contributed by atoms with Crippen molar-refractivity contribution in [2.24, 2.45) is 17.6 Å². The summed E-state index contributed by atoms with van der Waals surface area (Å²) in [5.41, 5.74) is 5.58. The van der Waals surface area contributed by atoms with Crippen molar-refractivity contribution in [3.8, 4) is 0 Å². The lowest BCUT2D eigenvalue weighted by molar-refractivity contribution is 0.248. The zero-order chi connectivity index (χ0) is 7.56. The Balaban J connectivity index is 2.36. The number of nitrogens with one attached hydrogen (secondary N) is 1. The van der Waals surface area contributed by atoms with E-state index in [0.29, 0.717) is 6.04 Å². The van der Waals surface area contributed by atoms with Gasteiger partial charge >= 0.3 is 0 Å². The van der Waals surface area contributed by atoms with E-state index in [0.717, 1.165) is 24.9 Å². The molecule has 0 radical (unpaired) electrons. The Morgan fingerprint density at radius 1 is 1.50 bits per heavy atom. The van der Waals surface area contributed by atoms with Gasteiger partial charge < -0.3 is 11.1 Å². The second kappa shape index (κ2) is 3.35. The minimum absolute atomic E-state index is 0.566. The molecule has 3 atom stereocenters. The Bertz CT molecular complexity index is 103. The summed E-state index contributed by atoms with van der Waals surface area (Å²) in [4.78, 5) is 0. The minimum atomic E-state index is 0.566. The van der Waals surface area contributed by atoms with E-state index in [1.165, 1.54) is 6.42 Å². The SMILES string of the molecule is CC1CNC(CN)C(C)C1. The first kappa shape index (κ1) is 8.02. The molecule has 1 rings (SSSR count). The van der Waals surface area contributed by atoms with Crippen LogP contribution >= 0.6 is 0 Å². The van der Waals surface area contributed by atoms with Gasteiger partial charge in [0.2, 0.25) is 0 Å². The van der Waals surface area contributed by atoms with Crippen LogP contribution in [0.2, 0.25) is 0 Å². The highest BCUT2D eigenvalue weighted by Gasteiger charge is 2.22. The van der Waals surface area contributed by atoms with Crippen molar-refractivity contribution in [2.45, 2.75) is 26.3 Å². The Morgan fingerprint density at radius 3 is 2.70 bits per heavy atom. The van der Waals surface area contributed by atoms with Crippen LogP contribution in [0.5, 0.6) is 0 Å². The topological polar surface area (TPSA) is 38.0 Å². The number of hydrogen-bond donors (Lipinski definition) is 2. The lowest BCUT2D eigenvalue weighted by Gasteiger charge is -2.32. The third kappa shape index (κ3) is 1.70. The van der Waals surface area contributed by atoms with Crippen molar-refractivity contribution in [3.05, 3.63) is 0 Å². The molecule has 0 spiro atoms. The van der Waals surface area contributed by atoms with Crippen LogP contribution in [0.3, 0.4) is 0 Å². The van der Waals surface area contributed by atoms with Crippen molar-refractivity contribution in [1.29, 1.82) is 0 Å². The summed E-state index contributed by atoms with van der Waals surface area (Å²) < 4.78 is 0. The third-order valence-corrected chi connectivity index (χ3v) is 2.44.